The zero-order valence-electron chi connectivity index (χ0n) is 17.4. The van der Waals surface area contributed by atoms with Gasteiger partial charge < -0.3 is 18.9 Å². The second-order valence-corrected chi connectivity index (χ2v) is 8.79. The van der Waals surface area contributed by atoms with E-state index < -0.39 is 16.1 Å². The maximum atomic E-state index is 11.7. The van der Waals surface area contributed by atoms with E-state index in [1.807, 2.05) is 48.5 Å². The predicted molar refractivity (Wildman–Crippen MR) is 117 cm³/mol. The predicted octanol–water partition coefficient (Wildman–Crippen LogP) is 3.65. The summed E-state index contributed by atoms with van der Waals surface area (Å²) in [7, 11) is 1.07. The highest BCUT2D eigenvalue weighted by Crippen LogP contribution is 2.49. The van der Waals surface area contributed by atoms with Gasteiger partial charge in [0.1, 0.15) is 17.6 Å². The van der Waals surface area contributed by atoms with Crippen molar-refractivity contribution in [1.82, 2.24) is 0 Å². The number of methoxy groups -OCH3 is 3. The quantitative estimate of drug-likeness (QED) is 0.627. The third kappa shape index (κ3) is 4.04. The Morgan fingerprint density at radius 3 is 2.32 bits per heavy atom. The summed E-state index contributed by atoms with van der Waals surface area (Å²) < 4.78 is 46.1. The van der Waals surface area contributed by atoms with Crippen molar-refractivity contribution in [1.29, 1.82) is 0 Å². The van der Waals surface area contributed by atoms with Crippen molar-refractivity contribution in [2.45, 2.75) is 11.9 Å². The number of primary sulfonamides is 1. The topological polar surface area (TPSA) is 97.1 Å². The van der Waals surface area contributed by atoms with Gasteiger partial charge in [-0.1, -0.05) is 30.3 Å². The van der Waals surface area contributed by atoms with Gasteiger partial charge in [-0.2, -0.15) is 0 Å². The Hall–Kier alpha value is -3.23. The zero-order chi connectivity index (χ0) is 22.2. The van der Waals surface area contributed by atoms with Gasteiger partial charge in [0, 0.05) is 11.1 Å². The molecule has 7 nitrogen and oxygen atoms in total. The molecule has 162 valence electrons. The van der Waals surface area contributed by atoms with Crippen LogP contribution in [0.15, 0.2) is 54.6 Å². The SMILES string of the molecule is COc1ccc(C2Oc3cccc(OC)c3-c3ccc(CS(N)(=O)=O)cc32)cc1OC. The van der Waals surface area contributed by atoms with Crippen LogP contribution in [0.5, 0.6) is 23.0 Å². The number of hydrogen-bond acceptors (Lipinski definition) is 6. The highest BCUT2D eigenvalue weighted by molar-refractivity contribution is 7.88. The van der Waals surface area contributed by atoms with Gasteiger partial charge in [-0.25, -0.2) is 13.6 Å². The van der Waals surface area contributed by atoms with Crippen molar-refractivity contribution in [2.75, 3.05) is 21.3 Å². The number of benzene rings is 3. The Labute approximate surface area is 181 Å². The Bertz CT molecular complexity index is 1240. The first-order chi connectivity index (χ1) is 14.8. The monoisotopic (exact) mass is 441 g/mol. The normalized spacial score (nSPS) is 14.8. The molecule has 1 heterocycles. The second kappa shape index (κ2) is 8.13. The van der Waals surface area contributed by atoms with Crippen LogP contribution in [0.4, 0.5) is 0 Å². The summed E-state index contributed by atoms with van der Waals surface area (Å²) in [6.07, 6.45) is -0.491. The highest BCUT2D eigenvalue weighted by atomic mass is 32.2. The zero-order valence-corrected chi connectivity index (χ0v) is 18.2. The highest BCUT2D eigenvalue weighted by Gasteiger charge is 2.30. The van der Waals surface area contributed by atoms with Crippen LogP contribution >= 0.6 is 0 Å². The van der Waals surface area contributed by atoms with Crippen molar-refractivity contribution >= 4 is 10.0 Å². The van der Waals surface area contributed by atoms with E-state index >= 15 is 0 Å². The molecule has 0 saturated carbocycles. The number of fused-ring (bicyclic) bond motifs is 3. The summed E-state index contributed by atoms with van der Waals surface area (Å²) in [5, 5.41) is 5.27. The van der Waals surface area contributed by atoms with E-state index in [0.29, 0.717) is 28.6 Å². The van der Waals surface area contributed by atoms with Crippen LogP contribution in [0, 0.1) is 0 Å². The van der Waals surface area contributed by atoms with Gasteiger partial charge in [-0.3, -0.25) is 0 Å². The molecular weight excluding hydrogens is 418 g/mol. The van der Waals surface area contributed by atoms with E-state index in [-0.39, 0.29) is 5.75 Å². The molecule has 3 aromatic carbocycles. The van der Waals surface area contributed by atoms with Gasteiger partial charge in [0.15, 0.2) is 11.5 Å². The molecule has 0 aromatic heterocycles. The molecule has 1 atom stereocenters. The lowest BCUT2D eigenvalue weighted by atomic mass is 9.88. The molecule has 0 radical (unpaired) electrons. The van der Waals surface area contributed by atoms with Gasteiger partial charge in [0.05, 0.1) is 32.6 Å². The molecule has 8 heteroatoms. The third-order valence-corrected chi connectivity index (χ3v) is 5.93. The molecule has 0 fully saturated rings. The minimum Gasteiger partial charge on any atom is -0.496 e. The second-order valence-electron chi connectivity index (χ2n) is 7.17. The van der Waals surface area contributed by atoms with Crippen LogP contribution in [-0.2, 0) is 15.8 Å². The Morgan fingerprint density at radius 2 is 1.65 bits per heavy atom. The lowest BCUT2D eigenvalue weighted by molar-refractivity contribution is 0.241. The molecule has 0 aliphatic carbocycles. The molecule has 0 bridgehead atoms. The summed E-state index contributed by atoms with van der Waals surface area (Å²) in [4.78, 5) is 0. The van der Waals surface area contributed by atoms with E-state index in [1.54, 1.807) is 27.4 Å². The number of hydrogen-bond donors (Lipinski definition) is 1. The molecule has 0 saturated heterocycles. The first kappa shape index (κ1) is 21.0. The van der Waals surface area contributed by atoms with Crippen molar-refractivity contribution in [3.8, 4) is 34.1 Å². The van der Waals surface area contributed by atoms with E-state index in [2.05, 4.69) is 0 Å². The number of ether oxygens (including phenoxy) is 4. The molecule has 3 aromatic rings. The fraction of sp³-hybridized carbons (Fsp3) is 0.217. The fourth-order valence-electron chi connectivity index (χ4n) is 3.88. The summed E-state index contributed by atoms with van der Waals surface area (Å²) in [6.45, 7) is 0. The lowest BCUT2D eigenvalue weighted by Crippen LogP contribution is -2.18. The van der Waals surface area contributed by atoms with Crippen LogP contribution in [0.3, 0.4) is 0 Å². The van der Waals surface area contributed by atoms with Crippen LogP contribution in [0.2, 0.25) is 0 Å². The summed E-state index contributed by atoms with van der Waals surface area (Å²) in [5.41, 5.74) is 3.94. The Balaban J connectivity index is 1.91. The average Bonchev–Trinajstić information content (AvgIpc) is 2.76. The van der Waals surface area contributed by atoms with Crippen molar-refractivity contribution < 1.29 is 27.4 Å². The summed E-state index contributed by atoms with van der Waals surface area (Å²) >= 11 is 0. The molecule has 1 aliphatic heterocycles. The number of sulfonamides is 1. The minimum absolute atomic E-state index is 0.266. The number of nitrogens with two attached hydrogens (primary N) is 1. The van der Waals surface area contributed by atoms with Crippen molar-refractivity contribution in [3.05, 3.63) is 71.3 Å². The molecule has 31 heavy (non-hydrogen) atoms. The van der Waals surface area contributed by atoms with E-state index in [0.717, 1.165) is 22.3 Å². The summed E-state index contributed by atoms with van der Waals surface area (Å²) in [5.74, 6) is 2.25. The first-order valence-corrected chi connectivity index (χ1v) is 11.3. The van der Waals surface area contributed by atoms with Crippen LogP contribution in [-0.4, -0.2) is 29.7 Å². The van der Waals surface area contributed by atoms with E-state index in [4.69, 9.17) is 24.1 Å². The van der Waals surface area contributed by atoms with Gasteiger partial charge in [-0.05, 0) is 35.4 Å². The van der Waals surface area contributed by atoms with Crippen molar-refractivity contribution in [3.63, 3.8) is 0 Å². The standard InChI is InChI=1S/C23H23NO6S/c1-27-18-10-8-15(12-21(18)29-3)23-17-11-14(13-31(24,25)26)7-9-16(17)22-19(28-2)5-4-6-20(22)30-23/h4-12,23H,13H2,1-3H3,(H2,24,25,26). The minimum atomic E-state index is -3.68. The van der Waals surface area contributed by atoms with Crippen molar-refractivity contribution in [2.24, 2.45) is 5.14 Å². The molecule has 2 N–H and O–H groups in total. The number of rotatable bonds is 6. The van der Waals surface area contributed by atoms with Crippen LogP contribution in [0.25, 0.3) is 11.1 Å². The van der Waals surface area contributed by atoms with Gasteiger partial charge in [-0.15, -0.1) is 0 Å². The molecule has 4 rings (SSSR count). The van der Waals surface area contributed by atoms with Crippen LogP contribution in [0.1, 0.15) is 22.8 Å². The Kier molecular flexibility index (Phi) is 5.51. The molecule has 1 aliphatic rings. The first-order valence-electron chi connectivity index (χ1n) is 9.54. The van der Waals surface area contributed by atoms with E-state index in [9.17, 15) is 8.42 Å². The molecule has 1 unspecified atom stereocenters. The van der Waals surface area contributed by atoms with Gasteiger partial charge >= 0.3 is 0 Å². The third-order valence-electron chi connectivity index (χ3n) is 5.20. The lowest BCUT2D eigenvalue weighted by Gasteiger charge is -2.31. The maximum absolute atomic E-state index is 11.7. The van der Waals surface area contributed by atoms with Crippen LogP contribution < -0.4 is 24.1 Å². The Morgan fingerprint density at radius 1 is 0.903 bits per heavy atom. The van der Waals surface area contributed by atoms with Gasteiger partial charge in [0.25, 0.3) is 0 Å². The summed E-state index contributed by atoms with van der Waals surface area (Å²) in [6, 6.07) is 16.6. The average molecular weight is 442 g/mol. The molecule has 0 amide bonds. The van der Waals surface area contributed by atoms with E-state index in [1.165, 1.54) is 0 Å². The molecular formula is C23H23NO6S. The largest absolute Gasteiger partial charge is 0.496 e. The smallest absolute Gasteiger partial charge is 0.213 e. The van der Waals surface area contributed by atoms with Gasteiger partial charge in [0.2, 0.25) is 10.0 Å². The maximum Gasteiger partial charge on any atom is 0.213 e. The fourth-order valence-corrected chi connectivity index (χ4v) is 4.52. The molecule has 0 spiro atoms.